The van der Waals surface area contributed by atoms with E-state index in [9.17, 15) is 9.59 Å². The van der Waals surface area contributed by atoms with Gasteiger partial charge in [-0.05, 0) is 50.2 Å². The Morgan fingerprint density at radius 3 is 2.32 bits per heavy atom. The summed E-state index contributed by atoms with van der Waals surface area (Å²) in [5.41, 5.74) is 0.703. The van der Waals surface area contributed by atoms with E-state index in [1.807, 2.05) is 6.92 Å². The van der Waals surface area contributed by atoms with Gasteiger partial charge in [0, 0.05) is 5.69 Å². The van der Waals surface area contributed by atoms with Crippen LogP contribution in [0.2, 0.25) is 5.02 Å². The summed E-state index contributed by atoms with van der Waals surface area (Å²) in [6.07, 6.45) is -1.02. The fraction of sp³-hybridized carbons (Fsp3) is 0.300. The summed E-state index contributed by atoms with van der Waals surface area (Å²) < 4.78 is 20.9. The lowest BCUT2D eigenvalue weighted by Crippen LogP contribution is -2.30. The van der Waals surface area contributed by atoms with Crippen molar-refractivity contribution in [3.63, 3.8) is 0 Å². The molecule has 0 aliphatic rings. The van der Waals surface area contributed by atoms with Crippen molar-refractivity contribution in [3.8, 4) is 17.2 Å². The highest BCUT2D eigenvalue weighted by Crippen LogP contribution is 2.29. The fourth-order valence-corrected chi connectivity index (χ4v) is 2.60. The van der Waals surface area contributed by atoms with Gasteiger partial charge in [-0.2, -0.15) is 0 Å². The number of amides is 1. The van der Waals surface area contributed by atoms with Gasteiger partial charge in [-0.1, -0.05) is 11.6 Å². The molecule has 0 spiro atoms. The number of methoxy groups -OCH3 is 2. The van der Waals surface area contributed by atoms with Crippen LogP contribution in [0.25, 0.3) is 0 Å². The number of ether oxygens (including phenoxy) is 4. The molecule has 0 heterocycles. The quantitative estimate of drug-likeness (QED) is 0.667. The predicted octanol–water partition coefficient (Wildman–Crippen LogP) is 3.94. The number of hydrogen-bond donors (Lipinski definition) is 1. The van der Waals surface area contributed by atoms with Crippen LogP contribution in [-0.4, -0.2) is 38.8 Å². The average Bonchev–Trinajstić information content (AvgIpc) is 2.68. The molecule has 1 amide bonds. The summed E-state index contributed by atoms with van der Waals surface area (Å²) >= 11 is 6.04. The lowest BCUT2D eigenvalue weighted by atomic mass is 10.2. The molecule has 0 fully saturated rings. The molecule has 2 aromatic rings. The number of carbonyl (C=O) groups is 2. The molecule has 0 saturated carbocycles. The van der Waals surface area contributed by atoms with E-state index >= 15 is 0 Å². The molecule has 2 rings (SSSR count). The predicted molar refractivity (Wildman–Crippen MR) is 106 cm³/mol. The topological polar surface area (TPSA) is 83.1 Å². The number of benzene rings is 2. The molecule has 7 nitrogen and oxygen atoms in total. The molecule has 0 bridgehead atoms. The molecule has 1 N–H and O–H groups in total. The van der Waals surface area contributed by atoms with E-state index in [2.05, 4.69) is 5.32 Å². The summed E-state index contributed by atoms with van der Waals surface area (Å²) in [5.74, 6) is 0.262. The van der Waals surface area contributed by atoms with Gasteiger partial charge in [0.05, 0.1) is 31.4 Å². The third-order valence-corrected chi connectivity index (χ3v) is 4.07. The Morgan fingerprint density at radius 2 is 1.71 bits per heavy atom. The maximum atomic E-state index is 12.4. The molecule has 2 aromatic carbocycles. The Morgan fingerprint density at radius 1 is 1.04 bits per heavy atom. The van der Waals surface area contributed by atoms with E-state index in [0.717, 1.165) is 0 Å². The van der Waals surface area contributed by atoms with Crippen LogP contribution in [0.3, 0.4) is 0 Å². The van der Waals surface area contributed by atoms with Crippen molar-refractivity contribution in [1.29, 1.82) is 0 Å². The maximum absolute atomic E-state index is 12.4. The molecule has 0 aliphatic heterocycles. The fourth-order valence-electron chi connectivity index (χ4n) is 2.34. The van der Waals surface area contributed by atoms with Crippen molar-refractivity contribution in [2.45, 2.75) is 20.0 Å². The summed E-state index contributed by atoms with van der Waals surface area (Å²) in [7, 11) is 2.97. The van der Waals surface area contributed by atoms with Gasteiger partial charge >= 0.3 is 5.97 Å². The van der Waals surface area contributed by atoms with Crippen LogP contribution < -0.4 is 19.5 Å². The van der Waals surface area contributed by atoms with Gasteiger partial charge in [-0.25, -0.2) is 4.79 Å². The average molecular weight is 408 g/mol. The van der Waals surface area contributed by atoms with Gasteiger partial charge in [-0.3, -0.25) is 4.79 Å². The second-order valence-electron chi connectivity index (χ2n) is 5.68. The summed E-state index contributed by atoms with van der Waals surface area (Å²) in [6, 6.07) is 9.47. The normalized spacial score (nSPS) is 11.3. The first-order valence-corrected chi connectivity index (χ1v) is 8.93. The SMILES string of the molecule is CCOc1ccc(C(=O)O[C@H](C)C(=O)Nc2ccc(OC)c(Cl)c2)cc1OC. The Labute approximate surface area is 168 Å². The lowest BCUT2D eigenvalue weighted by molar-refractivity contribution is -0.123. The number of halogens is 1. The first-order chi connectivity index (χ1) is 13.4. The van der Waals surface area contributed by atoms with Crippen LogP contribution in [0.5, 0.6) is 17.2 Å². The first kappa shape index (κ1) is 21.4. The third kappa shape index (κ3) is 5.29. The van der Waals surface area contributed by atoms with Crippen molar-refractivity contribution >= 4 is 29.2 Å². The number of nitrogens with one attached hydrogen (secondary N) is 1. The smallest absolute Gasteiger partial charge is 0.339 e. The van der Waals surface area contributed by atoms with Gasteiger partial charge in [0.15, 0.2) is 17.6 Å². The first-order valence-electron chi connectivity index (χ1n) is 8.55. The third-order valence-electron chi connectivity index (χ3n) is 3.77. The zero-order valence-electron chi connectivity index (χ0n) is 16.1. The second-order valence-corrected chi connectivity index (χ2v) is 6.09. The highest BCUT2D eigenvalue weighted by molar-refractivity contribution is 6.32. The van der Waals surface area contributed by atoms with Crippen molar-refractivity contribution < 1.29 is 28.5 Å². The van der Waals surface area contributed by atoms with Crippen molar-refractivity contribution in [3.05, 3.63) is 47.0 Å². The molecule has 0 unspecified atom stereocenters. The Bertz CT molecular complexity index is 855. The summed E-state index contributed by atoms with van der Waals surface area (Å²) in [6.45, 7) is 3.79. The molecule has 0 radical (unpaired) electrons. The van der Waals surface area contributed by atoms with E-state index in [1.165, 1.54) is 27.2 Å². The minimum atomic E-state index is -1.02. The molecule has 0 aliphatic carbocycles. The molecule has 28 heavy (non-hydrogen) atoms. The van der Waals surface area contributed by atoms with Gasteiger partial charge < -0.3 is 24.3 Å². The minimum absolute atomic E-state index is 0.243. The number of hydrogen-bond acceptors (Lipinski definition) is 6. The zero-order chi connectivity index (χ0) is 20.7. The summed E-state index contributed by atoms with van der Waals surface area (Å²) in [4.78, 5) is 24.7. The van der Waals surface area contributed by atoms with Crippen LogP contribution >= 0.6 is 11.6 Å². The van der Waals surface area contributed by atoms with E-state index in [-0.39, 0.29) is 5.56 Å². The minimum Gasteiger partial charge on any atom is -0.495 e. The number of anilines is 1. The highest BCUT2D eigenvalue weighted by atomic mass is 35.5. The molecule has 1 atom stereocenters. The largest absolute Gasteiger partial charge is 0.495 e. The van der Waals surface area contributed by atoms with Gasteiger partial charge in [0.25, 0.3) is 5.91 Å². The Kier molecular flexibility index (Phi) is 7.52. The number of rotatable bonds is 8. The standard InChI is InChI=1S/C20H22ClNO6/c1-5-27-17-8-6-13(10-18(17)26-4)20(24)28-12(2)19(23)22-14-7-9-16(25-3)15(21)11-14/h6-12H,5H2,1-4H3,(H,22,23)/t12-/m1/s1. The van der Waals surface area contributed by atoms with Crippen LogP contribution in [0.15, 0.2) is 36.4 Å². The van der Waals surface area contributed by atoms with E-state index < -0.39 is 18.0 Å². The molecular formula is C20H22ClNO6. The van der Waals surface area contributed by atoms with E-state index in [0.29, 0.717) is 34.6 Å². The van der Waals surface area contributed by atoms with Crippen LogP contribution in [0, 0.1) is 0 Å². The highest BCUT2D eigenvalue weighted by Gasteiger charge is 2.20. The molecular weight excluding hydrogens is 386 g/mol. The number of carbonyl (C=O) groups excluding carboxylic acids is 2. The zero-order valence-corrected chi connectivity index (χ0v) is 16.8. The van der Waals surface area contributed by atoms with Crippen molar-refractivity contribution in [2.24, 2.45) is 0 Å². The number of esters is 1. The maximum Gasteiger partial charge on any atom is 0.339 e. The van der Waals surface area contributed by atoms with Gasteiger partial charge in [0.2, 0.25) is 0 Å². The molecule has 0 aromatic heterocycles. The molecule has 150 valence electrons. The van der Waals surface area contributed by atoms with Crippen LogP contribution in [0.4, 0.5) is 5.69 Å². The van der Waals surface area contributed by atoms with E-state index in [1.54, 1.807) is 30.3 Å². The van der Waals surface area contributed by atoms with Gasteiger partial charge in [-0.15, -0.1) is 0 Å². The van der Waals surface area contributed by atoms with Crippen LogP contribution in [0.1, 0.15) is 24.2 Å². The Hall–Kier alpha value is -2.93. The van der Waals surface area contributed by atoms with Crippen LogP contribution in [-0.2, 0) is 9.53 Å². The second kappa shape index (κ2) is 9.85. The summed E-state index contributed by atoms with van der Waals surface area (Å²) in [5, 5.41) is 2.99. The monoisotopic (exact) mass is 407 g/mol. The van der Waals surface area contributed by atoms with Crippen molar-refractivity contribution in [1.82, 2.24) is 0 Å². The molecule has 8 heteroatoms. The Balaban J connectivity index is 2.03. The molecule has 0 saturated heterocycles. The van der Waals surface area contributed by atoms with Gasteiger partial charge in [0.1, 0.15) is 5.75 Å². The lowest BCUT2D eigenvalue weighted by Gasteiger charge is -2.15. The van der Waals surface area contributed by atoms with E-state index in [4.69, 9.17) is 30.5 Å². The van der Waals surface area contributed by atoms with Crippen molar-refractivity contribution in [2.75, 3.05) is 26.1 Å².